The number of pyridine rings is 2. The van der Waals surface area contributed by atoms with Crippen molar-refractivity contribution in [2.75, 3.05) is 85.6 Å². The summed E-state index contributed by atoms with van der Waals surface area (Å²) in [7, 11) is 0. The number of carbonyl (C=O) groups is 5. The van der Waals surface area contributed by atoms with Gasteiger partial charge in [-0.3, -0.25) is 43.3 Å². The largest absolute Gasteiger partial charge is 0.377 e. The molecule has 502 valence electrons. The Kier molecular flexibility index (Phi) is 36.4. The van der Waals surface area contributed by atoms with Gasteiger partial charge in [0, 0.05) is 76.0 Å². The zero-order valence-electron chi connectivity index (χ0n) is 55.5. The summed E-state index contributed by atoms with van der Waals surface area (Å²) in [6.45, 7) is 22.8. The van der Waals surface area contributed by atoms with E-state index in [9.17, 15) is 28.8 Å². The quantitative estimate of drug-likeness (QED) is 0.00702. The van der Waals surface area contributed by atoms with E-state index in [4.69, 9.17) is 23.9 Å². The first-order valence-electron chi connectivity index (χ1n) is 32.9. The second kappa shape index (κ2) is 44.3. The molecule has 0 aliphatic carbocycles. The number of nitrogens with one attached hydrogen (secondary N) is 2. The number of likely N-dealkylation sites (tertiary alicyclic amines) is 2. The molecule has 7 aromatic rings. The topological polar surface area (TPSA) is 213 Å². The number of Topliss-reactive ketones (excluding diaryl/α,β-unsaturated/α-hetero) is 1. The Labute approximate surface area is 559 Å². The van der Waals surface area contributed by atoms with Crippen molar-refractivity contribution in [1.29, 1.82) is 0 Å². The van der Waals surface area contributed by atoms with Gasteiger partial charge in [0.25, 0.3) is 5.56 Å². The monoisotopic (exact) mass is 1310 g/mol. The molecule has 4 aromatic carbocycles. The van der Waals surface area contributed by atoms with Crippen LogP contribution >= 0.6 is 24.4 Å². The molecular weight excluding hydrogens is 1210 g/mol. The van der Waals surface area contributed by atoms with Crippen LogP contribution in [-0.4, -0.2) is 151 Å². The highest BCUT2D eigenvalue weighted by atomic mass is 32.2. The Bertz CT molecular complexity index is 3440. The van der Waals surface area contributed by atoms with E-state index >= 15 is 0 Å². The minimum atomic E-state index is -0.496. The fourth-order valence-electron chi connectivity index (χ4n) is 10.3. The first-order valence-corrected chi connectivity index (χ1v) is 34.2. The number of hydrogen-bond donors (Lipinski definition) is 3. The van der Waals surface area contributed by atoms with Gasteiger partial charge in [-0.15, -0.1) is 12.6 Å². The molecule has 9 rings (SSSR count). The van der Waals surface area contributed by atoms with Crippen LogP contribution in [0.4, 0.5) is 0 Å². The molecule has 2 fully saturated rings. The van der Waals surface area contributed by atoms with Crippen molar-refractivity contribution >= 4 is 86.8 Å². The van der Waals surface area contributed by atoms with Crippen molar-refractivity contribution in [1.82, 2.24) is 40.0 Å². The maximum Gasteiger partial charge on any atom is 0.262 e. The van der Waals surface area contributed by atoms with Gasteiger partial charge in [-0.1, -0.05) is 132 Å². The van der Waals surface area contributed by atoms with Gasteiger partial charge in [-0.2, -0.15) is 0 Å². The SMILES string of the molecule is C=C(C)S.CCC.CCCCC(=O)c1cc2ccccc2cc1CCCC.CCn1c(S[C@H](C(=O)N2CCCC2)c2cccnc2)nc2cc3ccccc3cc2c1=O.O=CNCCOCCOCCOCCOCCNC(=O)[C@H]1CCCN1C(=O)Cc1cccnc1. The number of aryl methyl sites for hydroxylation is 1. The summed E-state index contributed by atoms with van der Waals surface area (Å²) in [5, 5.41) is 10.5. The molecule has 93 heavy (non-hydrogen) atoms. The van der Waals surface area contributed by atoms with Crippen molar-refractivity contribution in [2.45, 2.75) is 142 Å². The Balaban J connectivity index is 0.000000247. The minimum Gasteiger partial charge on any atom is -0.377 e. The van der Waals surface area contributed by atoms with Crippen molar-refractivity contribution in [3.8, 4) is 0 Å². The summed E-state index contributed by atoms with van der Waals surface area (Å²) in [5.74, 6) is 0.167. The van der Waals surface area contributed by atoms with Crippen LogP contribution in [0.1, 0.15) is 138 Å². The highest BCUT2D eigenvalue weighted by Crippen LogP contribution is 2.37. The lowest BCUT2D eigenvalue weighted by Gasteiger charge is -2.24. The van der Waals surface area contributed by atoms with Crippen molar-refractivity contribution in [3.05, 3.63) is 166 Å². The third-order valence-electron chi connectivity index (χ3n) is 14.9. The number of thiol groups is 1. The van der Waals surface area contributed by atoms with E-state index in [1.807, 2.05) is 79.4 Å². The van der Waals surface area contributed by atoms with E-state index < -0.39 is 11.3 Å². The highest BCUT2D eigenvalue weighted by molar-refractivity contribution is 8.00. The van der Waals surface area contributed by atoms with Gasteiger partial charge in [-0.25, -0.2) is 4.98 Å². The van der Waals surface area contributed by atoms with Crippen molar-refractivity contribution < 1.29 is 42.9 Å². The summed E-state index contributed by atoms with van der Waals surface area (Å²) in [6, 6.07) is 31.4. The Morgan fingerprint density at radius 3 is 1.86 bits per heavy atom. The molecule has 2 N–H and O–H groups in total. The summed E-state index contributed by atoms with van der Waals surface area (Å²) >= 11 is 5.11. The Morgan fingerprint density at radius 1 is 0.720 bits per heavy atom. The molecule has 20 heteroatoms. The van der Waals surface area contributed by atoms with Crippen LogP contribution in [0.2, 0.25) is 0 Å². The molecule has 4 amide bonds. The number of aromatic nitrogens is 4. The number of benzene rings is 4. The molecule has 2 aliphatic heterocycles. The van der Waals surface area contributed by atoms with Crippen LogP contribution in [0, 0.1) is 0 Å². The minimum absolute atomic E-state index is 0.0519. The van der Waals surface area contributed by atoms with Gasteiger partial charge in [0.1, 0.15) is 11.3 Å². The van der Waals surface area contributed by atoms with E-state index in [1.165, 1.54) is 34.5 Å². The molecule has 0 unspecified atom stereocenters. The van der Waals surface area contributed by atoms with Gasteiger partial charge in [0.05, 0.1) is 70.2 Å². The van der Waals surface area contributed by atoms with Gasteiger partial charge in [-0.05, 0) is 132 Å². The molecule has 5 heterocycles. The van der Waals surface area contributed by atoms with Crippen LogP contribution in [0.15, 0.2) is 143 Å². The van der Waals surface area contributed by atoms with Gasteiger partial charge >= 0.3 is 0 Å². The Hall–Kier alpha value is -7.33. The molecule has 0 radical (unpaired) electrons. The van der Waals surface area contributed by atoms with E-state index in [1.54, 1.807) is 40.3 Å². The van der Waals surface area contributed by atoms with Crippen LogP contribution in [0.3, 0.4) is 0 Å². The fraction of sp³-hybridized carbons (Fsp3) is 0.466. The van der Waals surface area contributed by atoms with Gasteiger partial charge in [0.2, 0.25) is 24.1 Å². The first kappa shape index (κ1) is 76.4. The first-order chi connectivity index (χ1) is 45.3. The molecule has 0 saturated carbocycles. The zero-order valence-corrected chi connectivity index (χ0v) is 57.2. The second-order valence-corrected chi connectivity index (χ2v) is 24.3. The number of hydrogen-bond acceptors (Lipinski definition) is 15. The Morgan fingerprint density at radius 2 is 1.29 bits per heavy atom. The van der Waals surface area contributed by atoms with Gasteiger partial charge < -0.3 is 39.4 Å². The number of nitrogens with zero attached hydrogens (tertiary/aromatic N) is 6. The average molecular weight is 1310 g/mol. The van der Waals surface area contributed by atoms with Crippen LogP contribution in [-0.2, 0) is 57.5 Å². The maximum absolute atomic E-state index is 13.4. The average Bonchev–Trinajstić information content (AvgIpc) is 1.31. The summed E-state index contributed by atoms with van der Waals surface area (Å²) in [4.78, 5) is 92.0. The zero-order chi connectivity index (χ0) is 67.0. The predicted octanol–water partition coefficient (Wildman–Crippen LogP) is 12.4. The third-order valence-corrected chi connectivity index (χ3v) is 16.1. The normalized spacial score (nSPS) is 13.5. The number of unbranched alkanes of at least 4 members (excludes halogenated alkanes) is 2. The van der Waals surface area contributed by atoms with E-state index in [2.05, 4.69) is 97.8 Å². The summed E-state index contributed by atoms with van der Waals surface area (Å²) in [6.07, 6.45) is 18.5. The third kappa shape index (κ3) is 26.5. The number of ketones is 1. The number of thioether (sulfide) groups is 1. The molecule has 2 aliphatic rings. The smallest absolute Gasteiger partial charge is 0.262 e. The molecule has 3 aromatic heterocycles. The maximum atomic E-state index is 13.4. The van der Waals surface area contributed by atoms with Crippen LogP contribution in [0.25, 0.3) is 32.4 Å². The molecular formula is C73H98N8O10S2. The fourth-order valence-corrected chi connectivity index (χ4v) is 11.5. The number of ether oxygens (including phenoxy) is 4. The van der Waals surface area contributed by atoms with Crippen molar-refractivity contribution in [2.24, 2.45) is 0 Å². The number of fused-ring (bicyclic) bond motifs is 3. The lowest BCUT2D eigenvalue weighted by Crippen LogP contribution is -2.47. The molecule has 18 nitrogen and oxygen atoms in total. The number of amides is 4. The lowest BCUT2D eigenvalue weighted by atomic mass is 9.93. The number of rotatable bonds is 31. The molecule has 2 atom stereocenters. The van der Waals surface area contributed by atoms with Crippen molar-refractivity contribution in [3.63, 3.8) is 0 Å². The highest BCUT2D eigenvalue weighted by Gasteiger charge is 2.34. The molecule has 0 bridgehead atoms. The number of carbonyl (C=O) groups excluding carboxylic acids is 5. The van der Waals surface area contributed by atoms with Crippen LogP contribution in [0.5, 0.6) is 0 Å². The predicted molar refractivity (Wildman–Crippen MR) is 377 cm³/mol. The number of allylic oxidation sites excluding steroid dienone is 1. The van der Waals surface area contributed by atoms with Gasteiger partial charge in [0.15, 0.2) is 10.9 Å². The van der Waals surface area contributed by atoms with Crippen LogP contribution < -0.4 is 16.2 Å². The van der Waals surface area contributed by atoms with E-state index in [-0.39, 0.29) is 29.7 Å². The second-order valence-electron chi connectivity index (χ2n) is 22.5. The van der Waals surface area contributed by atoms with E-state index in [0.717, 1.165) is 96.8 Å². The summed E-state index contributed by atoms with van der Waals surface area (Å²) in [5.41, 5.74) is 4.42. The summed E-state index contributed by atoms with van der Waals surface area (Å²) < 4.78 is 23.2. The molecule has 2 saturated heterocycles. The standard InChI is InChI=1S/C25H24N4O2S.C23H36N4O7.C19H24O.C3H6S.C3H8/c1-2-29-23(30)20-14-17-8-3-4-9-18(17)15-21(20)27-25(29)32-22(19-10-7-11-26-16-19)24(31)28-12-5-6-13-28;28-19-25-6-9-31-11-13-33-15-16-34-14-12-32-10-7-26-23(30)21-4-2-8-27(21)22(29)17-20-3-1-5-24-18-20;1-3-5-9-17-13-15-10-7-8-11-16(15)14-18(17)19(20)12-6-4-2;1-3(2)4;1-3-2/h3-4,7-11,14-16,22H,2,5-6,12-13H2,1H3;1,3,5,18-19,21H,2,4,6-17H2,(H,25,28)(H,26,30);7-8,10-11,13-14H,3-6,9,12H2,1-2H3;4H,1H2,2H3;3H2,1-2H3/t22-;21-;;;/m01.../s1. The lowest BCUT2D eigenvalue weighted by molar-refractivity contribution is -0.138. The van der Waals surface area contributed by atoms with E-state index in [0.29, 0.717) is 120 Å². The molecule has 0 spiro atoms.